The van der Waals surface area contributed by atoms with E-state index in [2.05, 4.69) is 10.3 Å². The van der Waals surface area contributed by atoms with Crippen LogP contribution in [0.4, 0.5) is 4.79 Å². The maximum atomic E-state index is 12.7. The Hall–Kier alpha value is -2.99. The molecule has 0 aliphatic rings. The van der Waals surface area contributed by atoms with E-state index in [1.165, 1.54) is 11.3 Å². The van der Waals surface area contributed by atoms with E-state index in [1.807, 2.05) is 60.7 Å². The first kappa shape index (κ1) is 17.8. The van der Waals surface area contributed by atoms with E-state index < -0.39 is 12.1 Å². The van der Waals surface area contributed by atoms with E-state index in [1.54, 1.807) is 11.6 Å². The van der Waals surface area contributed by atoms with Crippen LogP contribution in [0.25, 0.3) is 0 Å². The Morgan fingerprint density at radius 3 is 2.27 bits per heavy atom. The predicted molar refractivity (Wildman–Crippen MR) is 100 cm³/mol. The number of nitrogens with zero attached hydrogens (tertiary/aromatic N) is 1. The molecule has 2 aromatic carbocycles. The molecule has 0 aliphatic heterocycles. The molecule has 26 heavy (non-hydrogen) atoms. The van der Waals surface area contributed by atoms with Gasteiger partial charge in [-0.15, -0.1) is 11.3 Å². The van der Waals surface area contributed by atoms with Gasteiger partial charge < -0.3 is 10.1 Å². The molecular formula is C20H18N2O3S. The Bertz CT molecular complexity index is 836. The Kier molecular flexibility index (Phi) is 6.11. The molecule has 0 saturated carbocycles. The zero-order chi connectivity index (χ0) is 18.2. The molecule has 1 amide bonds. The molecule has 6 heteroatoms. The summed E-state index contributed by atoms with van der Waals surface area (Å²) in [4.78, 5) is 28.9. The second kappa shape index (κ2) is 8.92. The quantitative estimate of drug-likeness (QED) is 0.645. The van der Waals surface area contributed by atoms with Gasteiger partial charge in [-0.1, -0.05) is 60.7 Å². The smallest absolute Gasteiger partial charge is 0.408 e. The monoisotopic (exact) mass is 366 g/mol. The molecular weight excluding hydrogens is 348 g/mol. The Labute approximate surface area is 155 Å². The van der Waals surface area contributed by atoms with Crippen LogP contribution in [0.5, 0.6) is 0 Å². The van der Waals surface area contributed by atoms with Gasteiger partial charge in [-0.2, -0.15) is 0 Å². The molecule has 0 bridgehead atoms. The fourth-order valence-electron chi connectivity index (χ4n) is 2.46. The highest BCUT2D eigenvalue weighted by Crippen LogP contribution is 2.12. The molecule has 0 spiro atoms. The normalized spacial score (nSPS) is 11.5. The van der Waals surface area contributed by atoms with Crippen molar-refractivity contribution in [2.75, 3.05) is 0 Å². The Morgan fingerprint density at radius 1 is 1.00 bits per heavy atom. The molecule has 132 valence electrons. The van der Waals surface area contributed by atoms with E-state index >= 15 is 0 Å². The number of carbonyl (C=O) groups excluding carboxylic acids is 2. The topological polar surface area (TPSA) is 68.3 Å². The van der Waals surface area contributed by atoms with E-state index in [4.69, 9.17) is 4.74 Å². The van der Waals surface area contributed by atoms with Crippen LogP contribution in [0.3, 0.4) is 0 Å². The molecule has 1 N–H and O–H groups in total. The maximum absolute atomic E-state index is 12.7. The molecule has 1 heterocycles. The van der Waals surface area contributed by atoms with Crippen LogP contribution < -0.4 is 5.32 Å². The molecule has 0 saturated heterocycles. The molecule has 3 aromatic rings. The molecule has 0 unspecified atom stereocenters. The van der Waals surface area contributed by atoms with Gasteiger partial charge in [0.15, 0.2) is 5.01 Å². The van der Waals surface area contributed by atoms with Crippen LogP contribution in [0.2, 0.25) is 0 Å². The van der Waals surface area contributed by atoms with Gasteiger partial charge in [0.1, 0.15) is 12.6 Å². The van der Waals surface area contributed by atoms with Crippen LogP contribution in [0.1, 0.15) is 20.9 Å². The van der Waals surface area contributed by atoms with Gasteiger partial charge in [-0.05, 0) is 11.1 Å². The summed E-state index contributed by atoms with van der Waals surface area (Å²) in [6.07, 6.45) is 1.32. The number of alkyl carbamates (subject to hydrolysis) is 1. The second-order valence-corrected chi connectivity index (χ2v) is 6.54. The first-order chi connectivity index (χ1) is 12.7. The van der Waals surface area contributed by atoms with Gasteiger partial charge in [0.05, 0.1) is 0 Å². The van der Waals surface area contributed by atoms with Gasteiger partial charge in [0.25, 0.3) is 0 Å². The number of benzene rings is 2. The lowest BCUT2D eigenvalue weighted by Gasteiger charge is -2.17. The summed E-state index contributed by atoms with van der Waals surface area (Å²) in [5, 5.41) is 4.79. The van der Waals surface area contributed by atoms with Crippen molar-refractivity contribution < 1.29 is 14.3 Å². The molecule has 0 fully saturated rings. The number of ketones is 1. The van der Waals surface area contributed by atoms with Crippen LogP contribution in [0, 0.1) is 0 Å². The number of aromatic nitrogens is 1. The number of rotatable bonds is 7. The lowest BCUT2D eigenvalue weighted by atomic mass is 10.0. The summed E-state index contributed by atoms with van der Waals surface area (Å²) in [5.74, 6) is -0.222. The van der Waals surface area contributed by atoms with Crippen molar-refractivity contribution in [2.45, 2.75) is 19.1 Å². The maximum Gasteiger partial charge on any atom is 0.408 e. The van der Waals surface area contributed by atoms with E-state index in [0.717, 1.165) is 11.1 Å². The van der Waals surface area contributed by atoms with E-state index in [0.29, 0.717) is 11.4 Å². The van der Waals surface area contributed by atoms with E-state index in [-0.39, 0.29) is 12.4 Å². The molecule has 1 aromatic heterocycles. The summed E-state index contributed by atoms with van der Waals surface area (Å²) in [7, 11) is 0. The Balaban J connectivity index is 1.66. The van der Waals surface area contributed by atoms with Crippen molar-refractivity contribution in [2.24, 2.45) is 0 Å². The molecule has 1 atom stereocenters. The van der Waals surface area contributed by atoms with Crippen molar-refractivity contribution in [3.8, 4) is 0 Å². The van der Waals surface area contributed by atoms with Crippen molar-refractivity contribution >= 4 is 23.2 Å². The molecule has 0 radical (unpaired) electrons. The Morgan fingerprint density at radius 2 is 1.65 bits per heavy atom. The lowest BCUT2D eigenvalue weighted by Crippen LogP contribution is -2.42. The number of amides is 1. The van der Waals surface area contributed by atoms with Crippen LogP contribution >= 0.6 is 11.3 Å². The van der Waals surface area contributed by atoms with Crippen molar-refractivity contribution in [3.05, 3.63) is 88.4 Å². The number of hydrogen-bond acceptors (Lipinski definition) is 5. The lowest BCUT2D eigenvalue weighted by molar-refractivity contribution is 0.0916. The highest BCUT2D eigenvalue weighted by atomic mass is 32.1. The van der Waals surface area contributed by atoms with Crippen LogP contribution in [-0.4, -0.2) is 22.9 Å². The van der Waals surface area contributed by atoms with Crippen LogP contribution in [-0.2, 0) is 17.8 Å². The summed E-state index contributed by atoms with van der Waals surface area (Å²) >= 11 is 1.25. The van der Waals surface area contributed by atoms with Gasteiger partial charge in [-0.25, -0.2) is 9.78 Å². The second-order valence-electron chi connectivity index (χ2n) is 5.65. The average molecular weight is 366 g/mol. The standard InChI is InChI=1S/C20H18N2O3S/c23-18(19-21-11-12-26-19)17(13-15-7-3-1-4-8-15)22-20(24)25-14-16-9-5-2-6-10-16/h1-12,17H,13-14H2,(H,22,24)/t17-/m0/s1. The number of nitrogens with one attached hydrogen (secondary N) is 1. The molecule has 5 nitrogen and oxygen atoms in total. The minimum atomic E-state index is -0.730. The van der Waals surface area contributed by atoms with Gasteiger partial charge in [0.2, 0.25) is 5.78 Å². The first-order valence-electron chi connectivity index (χ1n) is 8.17. The number of ether oxygens (including phenoxy) is 1. The zero-order valence-electron chi connectivity index (χ0n) is 14.0. The summed E-state index contributed by atoms with van der Waals surface area (Å²) < 4.78 is 5.24. The fourth-order valence-corrected chi connectivity index (χ4v) is 3.09. The number of carbonyl (C=O) groups is 2. The predicted octanol–water partition coefficient (Wildman–Crippen LogP) is 3.86. The van der Waals surface area contributed by atoms with Crippen molar-refractivity contribution in [1.29, 1.82) is 0 Å². The minimum Gasteiger partial charge on any atom is -0.445 e. The SMILES string of the molecule is O=C(N[C@@H](Cc1ccccc1)C(=O)c1nccs1)OCc1ccccc1. The highest BCUT2D eigenvalue weighted by molar-refractivity contribution is 7.11. The van der Waals surface area contributed by atoms with E-state index in [9.17, 15) is 9.59 Å². The number of thiazole rings is 1. The third kappa shape index (κ3) is 5.00. The minimum absolute atomic E-state index is 0.149. The largest absolute Gasteiger partial charge is 0.445 e. The van der Waals surface area contributed by atoms with Crippen LogP contribution in [0.15, 0.2) is 72.2 Å². The zero-order valence-corrected chi connectivity index (χ0v) is 14.8. The summed E-state index contributed by atoms with van der Waals surface area (Å²) in [5.41, 5.74) is 1.83. The number of Topliss-reactive ketones (excluding diaryl/α,β-unsaturated/α-hetero) is 1. The number of hydrogen-bond donors (Lipinski definition) is 1. The average Bonchev–Trinajstić information content (AvgIpc) is 3.22. The highest BCUT2D eigenvalue weighted by Gasteiger charge is 2.25. The van der Waals surface area contributed by atoms with Gasteiger partial charge >= 0.3 is 6.09 Å². The van der Waals surface area contributed by atoms with Crippen molar-refractivity contribution in [1.82, 2.24) is 10.3 Å². The molecule has 0 aliphatic carbocycles. The molecule has 3 rings (SSSR count). The summed E-state index contributed by atoms with van der Waals surface area (Å²) in [6, 6.07) is 18.2. The third-order valence-corrected chi connectivity index (χ3v) is 4.53. The first-order valence-corrected chi connectivity index (χ1v) is 9.05. The summed E-state index contributed by atoms with van der Waals surface area (Å²) in [6.45, 7) is 0.149. The third-order valence-electron chi connectivity index (χ3n) is 3.75. The van der Waals surface area contributed by atoms with Gasteiger partial charge in [-0.3, -0.25) is 4.79 Å². The van der Waals surface area contributed by atoms with Gasteiger partial charge in [0, 0.05) is 18.0 Å². The van der Waals surface area contributed by atoms with Crippen molar-refractivity contribution in [3.63, 3.8) is 0 Å². The fraction of sp³-hybridized carbons (Fsp3) is 0.150.